The Labute approximate surface area is 112 Å². The molecule has 0 saturated carbocycles. The van der Waals surface area contributed by atoms with Gasteiger partial charge in [-0.2, -0.15) is 0 Å². The van der Waals surface area contributed by atoms with Crippen LogP contribution in [-0.2, 0) is 0 Å². The van der Waals surface area contributed by atoms with E-state index in [0.29, 0.717) is 6.04 Å². The number of thiol groups is 1. The molecule has 1 aliphatic rings. The maximum Gasteiger partial charge on any atom is 0.261 e. The van der Waals surface area contributed by atoms with Crippen LogP contribution in [-0.4, -0.2) is 36.5 Å². The highest BCUT2D eigenvalue weighted by Crippen LogP contribution is 2.18. The highest BCUT2D eigenvalue weighted by molar-refractivity contribution is 7.80. The monoisotopic (exact) mass is 270 g/mol. The Hall–Kier alpha value is -0.520. The molecule has 1 amide bonds. The Morgan fingerprint density at radius 1 is 1.71 bits per heavy atom. The molecule has 0 radical (unpaired) electrons. The van der Waals surface area contributed by atoms with Crippen LogP contribution in [0.3, 0.4) is 0 Å². The maximum atomic E-state index is 11.9. The number of rotatable bonds is 4. The van der Waals surface area contributed by atoms with Gasteiger partial charge in [-0.1, -0.05) is 6.92 Å². The summed E-state index contributed by atoms with van der Waals surface area (Å²) in [4.78, 5) is 15.9. The van der Waals surface area contributed by atoms with Crippen molar-refractivity contribution < 1.29 is 4.79 Å². The molecule has 2 heterocycles. The van der Waals surface area contributed by atoms with Gasteiger partial charge in [0.15, 0.2) is 0 Å². The number of likely N-dealkylation sites (N-methyl/N-ethyl adjacent to an activating group) is 1. The molecule has 17 heavy (non-hydrogen) atoms. The molecular formula is C12H18N2OS2. The number of amides is 1. The second-order valence-corrected chi connectivity index (χ2v) is 5.73. The van der Waals surface area contributed by atoms with E-state index < -0.39 is 0 Å². The van der Waals surface area contributed by atoms with Crippen LogP contribution in [0.5, 0.6) is 0 Å². The highest BCUT2D eigenvalue weighted by atomic mass is 32.1. The van der Waals surface area contributed by atoms with E-state index in [1.54, 1.807) is 0 Å². The lowest BCUT2D eigenvalue weighted by atomic mass is 10.2. The molecule has 0 bridgehead atoms. The van der Waals surface area contributed by atoms with Gasteiger partial charge in [0.05, 0.1) is 4.88 Å². The van der Waals surface area contributed by atoms with E-state index in [1.165, 1.54) is 24.2 Å². The molecule has 1 fully saturated rings. The summed E-state index contributed by atoms with van der Waals surface area (Å²) in [7, 11) is 0. The summed E-state index contributed by atoms with van der Waals surface area (Å²) in [6, 6.07) is 2.33. The highest BCUT2D eigenvalue weighted by Gasteiger charge is 2.23. The molecule has 0 spiro atoms. The minimum atomic E-state index is 0.0262. The van der Waals surface area contributed by atoms with Crippen molar-refractivity contribution in [2.45, 2.75) is 30.7 Å². The van der Waals surface area contributed by atoms with Crippen LogP contribution in [0.1, 0.15) is 29.4 Å². The van der Waals surface area contributed by atoms with Crippen LogP contribution in [0.25, 0.3) is 0 Å². The van der Waals surface area contributed by atoms with Gasteiger partial charge in [0.2, 0.25) is 0 Å². The van der Waals surface area contributed by atoms with Gasteiger partial charge in [-0.25, -0.2) is 0 Å². The molecule has 94 valence electrons. The first-order valence-electron chi connectivity index (χ1n) is 6.00. The van der Waals surface area contributed by atoms with Gasteiger partial charge in [-0.3, -0.25) is 9.69 Å². The smallest absolute Gasteiger partial charge is 0.261 e. The van der Waals surface area contributed by atoms with Crippen molar-refractivity contribution in [3.05, 3.63) is 16.3 Å². The third-order valence-electron chi connectivity index (χ3n) is 3.21. The summed E-state index contributed by atoms with van der Waals surface area (Å²) in [5.74, 6) is 0.0262. The zero-order chi connectivity index (χ0) is 12.3. The summed E-state index contributed by atoms with van der Waals surface area (Å²) in [5.41, 5.74) is 0. The van der Waals surface area contributed by atoms with Crippen LogP contribution >= 0.6 is 24.0 Å². The maximum absolute atomic E-state index is 11.9. The molecule has 1 aromatic rings. The number of carbonyl (C=O) groups excluding carboxylic acids is 1. The van der Waals surface area contributed by atoms with Crippen molar-refractivity contribution in [1.29, 1.82) is 0 Å². The van der Waals surface area contributed by atoms with Crippen LogP contribution in [0, 0.1) is 0 Å². The van der Waals surface area contributed by atoms with Crippen LogP contribution in [0.4, 0.5) is 0 Å². The minimum absolute atomic E-state index is 0.0262. The normalized spacial score (nSPS) is 20.7. The van der Waals surface area contributed by atoms with E-state index in [-0.39, 0.29) is 5.91 Å². The Bertz CT molecular complexity index is 392. The lowest BCUT2D eigenvalue weighted by molar-refractivity contribution is 0.0945. The number of hydrogen-bond acceptors (Lipinski definition) is 4. The van der Waals surface area contributed by atoms with E-state index >= 15 is 0 Å². The molecule has 1 saturated heterocycles. The minimum Gasteiger partial charge on any atom is -0.350 e. The van der Waals surface area contributed by atoms with E-state index in [9.17, 15) is 4.79 Å². The summed E-state index contributed by atoms with van der Waals surface area (Å²) in [6.45, 7) is 5.16. The average molecular weight is 270 g/mol. The summed E-state index contributed by atoms with van der Waals surface area (Å²) < 4.78 is 0. The SMILES string of the molecule is CCN1CCCC1CNC(=O)c1cc(S)cs1. The topological polar surface area (TPSA) is 32.3 Å². The van der Waals surface area contributed by atoms with Gasteiger partial charge in [-0.05, 0) is 32.0 Å². The van der Waals surface area contributed by atoms with Crippen LogP contribution in [0.2, 0.25) is 0 Å². The fourth-order valence-corrected chi connectivity index (χ4v) is 3.35. The van der Waals surface area contributed by atoms with Crippen molar-refractivity contribution in [2.24, 2.45) is 0 Å². The van der Waals surface area contributed by atoms with Crippen molar-refractivity contribution in [3.63, 3.8) is 0 Å². The van der Waals surface area contributed by atoms with Gasteiger partial charge in [-0.15, -0.1) is 24.0 Å². The Kier molecular flexibility index (Phi) is 4.48. The van der Waals surface area contributed by atoms with Crippen molar-refractivity contribution in [3.8, 4) is 0 Å². The first kappa shape index (κ1) is 12.9. The predicted octanol–water partition coefficient (Wildman–Crippen LogP) is 2.25. The van der Waals surface area contributed by atoms with E-state index in [1.807, 2.05) is 11.4 Å². The summed E-state index contributed by atoms with van der Waals surface area (Å²) >= 11 is 5.65. The lowest BCUT2D eigenvalue weighted by Gasteiger charge is -2.22. The second-order valence-electron chi connectivity index (χ2n) is 4.30. The molecular weight excluding hydrogens is 252 g/mol. The fraction of sp³-hybridized carbons (Fsp3) is 0.583. The van der Waals surface area contributed by atoms with Gasteiger partial charge in [0, 0.05) is 22.9 Å². The Morgan fingerprint density at radius 3 is 3.18 bits per heavy atom. The van der Waals surface area contributed by atoms with E-state index in [2.05, 4.69) is 29.8 Å². The fourth-order valence-electron chi connectivity index (χ4n) is 2.29. The number of likely N-dealkylation sites (tertiary alicyclic amines) is 1. The summed E-state index contributed by atoms with van der Waals surface area (Å²) in [5, 5.41) is 4.90. The van der Waals surface area contributed by atoms with E-state index in [0.717, 1.165) is 29.4 Å². The largest absolute Gasteiger partial charge is 0.350 e. The number of thiophene rings is 1. The first-order valence-corrected chi connectivity index (χ1v) is 7.33. The van der Waals surface area contributed by atoms with Crippen molar-refractivity contribution in [2.75, 3.05) is 19.6 Å². The Morgan fingerprint density at radius 2 is 2.53 bits per heavy atom. The van der Waals surface area contributed by atoms with Gasteiger partial charge < -0.3 is 5.32 Å². The molecule has 3 nitrogen and oxygen atoms in total. The summed E-state index contributed by atoms with van der Waals surface area (Å²) in [6.07, 6.45) is 2.44. The standard InChI is InChI=1S/C12H18N2OS2/c1-2-14-5-3-4-9(14)7-13-12(15)11-6-10(16)8-17-11/h6,8-9,16H,2-5,7H2,1H3,(H,13,15). The predicted molar refractivity (Wildman–Crippen MR) is 74.2 cm³/mol. The number of nitrogens with one attached hydrogen (secondary N) is 1. The average Bonchev–Trinajstić information content (AvgIpc) is 2.94. The Balaban J connectivity index is 1.84. The van der Waals surface area contributed by atoms with Gasteiger partial charge >= 0.3 is 0 Å². The molecule has 5 heteroatoms. The number of hydrogen-bond donors (Lipinski definition) is 2. The zero-order valence-corrected chi connectivity index (χ0v) is 11.7. The lowest BCUT2D eigenvalue weighted by Crippen LogP contribution is -2.39. The van der Waals surface area contributed by atoms with Crippen molar-refractivity contribution in [1.82, 2.24) is 10.2 Å². The number of carbonyl (C=O) groups is 1. The number of nitrogens with zero attached hydrogens (tertiary/aromatic N) is 1. The van der Waals surface area contributed by atoms with E-state index in [4.69, 9.17) is 0 Å². The van der Waals surface area contributed by atoms with Crippen LogP contribution < -0.4 is 5.32 Å². The van der Waals surface area contributed by atoms with Gasteiger partial charge in [0.25, 0.3) is 5.91 Å². The molecule has 1 aromatic heterocycles. The van der Waals surface area contributed by atoms with Gasteiger partial charge in [0.1, 0.15) is 0 Å². The molecule has 0 aliphatic carbocycles. The molecule has 1 unspecified atom stereocenters. The third-order valence-corrected chi connectivity index (χ3v) is 4.57. The van der Waals surface area contributed by atoms with Crippen LogP contribution in [0.15, 0.2) is 16.3 Å². The first-order chi connectivity index (χ1) is 8.20. The molecule has 0 aromatic carbocycles. The zero-order valence-electron chi connectivity index (χ0n) is 9.98. The molecule has 1 atom stereocenters. The quantitative estimate of drug-likeness (QED) is 0.823. The molecule has 2 rings (SSSR count). The third kappa shape index (κ3) is 3.24. The molecule has 1 aliphatic heterocycles. The molecule has 1 N–H and O–H groups in total. The second kappa shape index (κ2) is 5.89. The van der Waals surface area contributed by atoms with Crippen molar-refractivity contribution >= 4 is 29.9 Å².